The number of nitriles is 1. The van der Waals surface area contributed by atoms with E-state index in [1.54, 1.807) is 0 Å². The van der Waals surface area contributed by atoms with Crippen LogP contribution in [0.5, 0.6) is 0 Å². The maximum Gasteiger partial charge on any atom is 0.164 e. The molecule has 272 valence electrons. The van der Waals surface area contributed by atoms with Crippen LogP contribution in [0.15, 0.2) is 152 Å². The van der Waals surface area contributed by atoms with Gasteiger partial charge in [-0.3, -0.25) is 0 Å². The Hall–Kier alpha value is -6.18. The van der Waals surface area contributed by atoms with Crippen LogP contribution in [0.3, 0.4) is 0 Å². The molecule has 2 bridgehead atoms. The van der Waals surface area contributed by atoms with Crippen LogP contribution >= 0.6 is 0 Å². The molecular weight excluding hydrogens is 681 g/mol. The van der Waals surface area contributed by atoms with Gasteiger partial charge in [-0.1, -0.05) is 147 Å². The molecule has 10 rings (SSSR count). The van der Waals surface area contributed by atoms with Crippen molar-refractivity contribution in [1.29, 1.82) is 5.26 Å². The standard InChI is InChI=1S/C52H44N4/c1-34-25-37-26-35(2)31-51(30-34,32-37)42-22-24-45-44-23-21-40(50-55-48(38-14-6-3-7-15-38)54-49(56-50)39-16-8-4-9-17-39)28-46(44)52(47(45)29-42,41-18-10-5-11-19-41)43-20-12-13-36(27-43)33-53/h3-24,27-29,34-35,37H,25-26,30-32H2,1-2H3/t34-,35+,37-,51?,52?. The SMILES string of the molecule is C[C@@H]1C[C@@H]2C[C@H](C)CC(c3ccc4c(c3)C(c3ccccc3)(c3cccc(C#N)c3)c3cc(-c5nc(-c6ccccc6)nc(-c6ccccc6)n5)ccc3-4)(C1)C2. The van der Waals surface area contributed by atoms with Crippen molar-refractivity contribution >= 4 is 0 Å². The second-order valence-corrected chi connectivity index (χ2v) is 16.8. The van der Waals surface area contributed by atoms with Gasteiger partial charge in [0.25, 0.3) is 0 Å². The minimum absolute atomic E-state index is 0.165. The van der Waals surface area contributed by atoms with E-state index in [0.717, 1.165) is 28.2 Å². The molecule has 3 aliphatic rings. The Bertz CT molecular complexity index is 2550. The molecule has 7 aromatic rings. The maximum atomic E-state index is 10.3. The lowest BCUT2D eigenvalue weighted by Gasteiger charge is -2.50. The van der Waals surface area contributed by atoms with E-state index in [2.05, 4.69) is 123 Å². The van der Waals surface area contributed by atoms with E-state index in [4.69, 9.17) is 15.0 Å². The second-order valence-electron chi connectivity index (χ2n) is 16.8. The van der Waals surface area contributed by atoms with Gasteiger partial charge in [0, 0.05) is 16.7 Å². The molecule has 5 atom stereocenters. The van der Waals surface area contributed by atoms with Crippen LogP contribution in [0.25, 0.3) is 45.3 Å². The molecule has 0 N–H and O–H groups in total. The summed E-state index contributed by atoms with van der Waals surface area (Å²) in [6, 6.07) is 56.2. The Balaban J connectivity index is 1.24. The first-order valence-corrected chi connectivity index (χ1v) is 20.2. The number of fused-ring (bicyclic) bond motifs is 5. The van der Waals surface area contributed by atoms with E-state index in [0.29, 0.717) is 34.9 Å². The van der Waals surface area contributed by atoms with Crippen LogP contribution < -0.4 is 0 Å². The monoisotopic (exact) mass is 724 g/mol. The van der Waals surface area contributed by atoms with E-state index in [9.17, 15) is 5.26 Å². The Morgan fingerprint density at radius 3 is 1.64 bits per heavy atom. The molecule has 4 nitrogen and oxygen atoms in total. The van der Waals surface area contributed by atoms with Crippen LogP contribution in [0.4, 0.5) is 0 Å². The lowest BCUT2D eigenvalue weighted by atomic mass is 9.54. The molecule has 0 radical (unpaired) electrons. The zero-order valence-corrected chi connectivity index (χ0v) is 32.0. The van der Waals surface area contributed by atoms with Gasteiger partial charge < -0.3 is 0 Å². The van der Waals surface area contributed by atoms with Crippen LogP contribution in [-0.4, -0.2) is 15.0 Å². The zero-order chi connectivity index (χ0) is 37.9. The van der Waals surface area contributed by atoms with Crippen LogP contribution in [0.1, 0.15) is 79.3 Å². The van der Waals surface area contributed by atoms with Crippen LogP contribution in [0.2, 0.25) is 0 Å². The number of benzene rings is 6. The third-order valence-corrected chi connectivity index (χ3v) is 13.0. The van der Waals surface area contributed by atoms with Crippen LogP contribution in [-0.2, 0) is 10.8 Å². The summed E-state index contributed by atoms with van der Waals surface area (Å²) in [6.07, 6.45) is 6.43. The molecule has 1 aromatic heterocycles. The Morgan fingerprint density at radius 2 is 1.04 bits per heavy atom. The molecule has 1 heterocycles. The average Bonchev–Trinajstić information content (AvgIpc) is 3.54. The molecule has 0 saturated heterocycles. The number of hydrogen-bond acceptors (Lipinski definition) is 4. The van der Waals surface area contributed by atoms with Crippen LogP contribution in [0, 0.1) is 29.1 Å². The first-order valence-electron chi connectivity index (χ1n) is 20.2. The average molecular weight is 725 g/mol. The second kappa shape index (κ2) is 13.5. The highest BCUT2D eigenvalue weighted by atomic mass is 15.0. The molecule has 56 heavy (non-hydrogen) atoms. The summed E-state index contributed by atoms with van der Waals surface area (Å²) < 4.78 is 0. The Labute approximate surface area is 330 Å². The van der Waals surface area contributed by atoms with Gasteiger partial charge in [-0.15, -0.1) is 0 Å². The molecule has 3 aliphatic carbocycles. The molecule has 0 aliphatic heterocycles. The minimum atomic E-state index is -0.682. The maximum absolute atomic E-state index is 10.3. The molecule has 2 unspecified atom stereocenters. The normalized spacial score (nSPS) is 23.5. The van der Waals surface area contributed by atoms with Crippen molar-refractivity contribution in [1.82, 2.24) is 15.0 Å². The number of hydrogen-bond donors (Lipinski definition) is 0. The molecule has 0 spiro atoms. The summed E-state index contributed by atoms with van der Waals surface area (Å²) in [5.41, 5.74) is 11.6. The van der Waals surface area contributed by atoms with Gasteiger partial charge in [0.2, 0.25) is 0 Å². The summed E-state index contributed by atoms with van der Waals surface area (Å²) >= 11 is 0. The molecule has 2 fully saturated rings. The first-order chi connectivity index (χ1) is 27.4. The van der Waals surface area contributed by atoms with E-state index in [1.807, 2.05) is 48.5 Å². The van der Waals surface area contributed by atoms with Crippen molar-refractivity contribution in [2.45, 2.75) is 56.8 Å². The highest BCUT2D eigenvalue weighted by molar-refractivity contribution is 5.88. The predicted octanol–water partition coefficient (Wildman–Crippen LogP) is 12.2. The fraction of sp³-hybridized carbons (Fsp3) is 0.231. The predicted molar refractivity (Wildman–Crippen MR) is 225 cm³/mol. The van der Waals surface area contributed by atoms with Crippen molar-refractivity contribution in [3.63, 3.8) is 0 Å². The van der Waals surface area contributed by atoms with Gasteiger partial charge in [0.05, 0.1) is 17.0 Å². The van der Waals surface area contributed by atoms with E-state index < -0.39 is 5.41 Å². The molecule has 6 aromatic carbocycles. The van der Waals surface area contributed by atoms with Gasteiger partial charge in [-0.25, -0.2) is 15.0 Å². The summed E-state index contributed by atoms with van der Waals surface area (Å²) in [7, 11) is 0. The summed E-state index contributed by atoms with van der Waals surface area (Å²) in [4.78, 5) is 15.3. The molecular formula is C52H44N4. The fourth-order valence-corrected chi connectivity index (χ4v) is 11.1. The minimum Gasteiger partial charge on any atom is -0.208 e. The van der Waals surface area contributed by atoms with Gasteiger partial charge in [0.1, 0.15) is 0 Å². The third-order valence-electron chi connectivity index (χ3n) is 13.0. The highest BCUT2D eigenvalue weighted by Crippen LogP contribution is 2.60. The molecule has 0 amide bonds. The van der Waals surface area contributed by atoms with Gasteiger partial charge in [-0.05, 0) is 112 Å². The van der Waals surface area contributed by atoms with E-state index in [1.165, 1.54) is 65.5 Å². The van der Waals surface area contributed by atoms with Gasteiger partial charge in [0.15, 0.2) is 17.5 Å². The lowest BCUT2D eigenvalue weighted by Crippen LogP contribution is -2.42. The van der Waals surface area contributed by atoms with Gasteiger partial charge >= 0.3 is 0 Å². The number of aromatic nitrogens is 3. The van der Waals surface area contributed by atoms with Crippen molar-refractivity contribution < 1.29 is 0 Å². The summed E-state index contributed by atoms with van der Waals surface area (Å²) in [5, 5.41) is 10.3. The highest BCUT2D eigenvalue weighted by Gasteiger charge is 2.49. The lowest BCUT2D eigenvalue weighted by molar-refractivity contribution is 0.0780. The van der Waals surface area contributed by atoms with Crippen molar-refractivity contribution in [3.05, 3.63) is 185 Å². The molecule has 2 saturated carbocycles. The first kappa shape index (κ1) is 34.3. The quantitative estimate of drug-likeness (QED) is 0.171. The molecule has 4 heteroatoms. The summed E-state index contributed by atoms with van der Waals surface area (Å²) in [6.45, 7) is 4.94. The topological polar surface area (TPSA) is 62.5 Å². The fourth-order valence-electron chi connectivity index (χ4n) is 11.1. The van der Waals surface area contributed by atoms with E-state index >= 15 is 0 Å². The Kier molecular flexibility index (Phi) is 8.29. The zero-order valence-electron chi connectivity index (χ0n) is 32.0. The van der Waals surface area contributed by atoms with E-state index in [-0.39, 0.29) is 5.41 Å². The van der Waals surface area contributed by atoms with Crippen molar-refractivity contribution in [2.75, 3.05) is 0 Å². The van der Waals surface area contributed by atoms with Gasteiger partial charge in [-0.2, -0.15) is 5.26 Å². The smallest absolute Gasteiger partial charge is 0.164 e. The van der Waals surface area contributed by atoms with Crippen molar-refractivity contribution in [2.24, 2.45) is 17.8 Å². The number of nitrogens with zero attached hydrogens (tertiary/aromatic N) is 4. The number of rotatable bonds is 6. The van der Waals surface area contributed by atoms with Crippen molar-refractivity contribution in [3.8, 4) is 51.4 Å². The Morgan fingerprint density at radius 1 is 0.500 bits per heavy atom. The largest absolute Gasteiger partial charge is 0.208 e. The third kappa shape index (κ3) is 5.60. The summed E-state index contributed by atoms with van der Waals surface area (Å²) in [5.74, 6) is 4.11.